The van der Waals surface area contributed by atoms with Crippen LogP contribution < -0.4 is 0 Å². The lowest BCUT2D eigenvalue weighted by Crippen LogP contribution is -1.92. The number of aromatic nitrogens is 2. The Kier molecular flexibility index (Phi) is 4.15. The molecule has 0 aliphatic rings. The maximum atomic E-state index is 9.57. The van der Waals surface area contributed by atoms with Crippen LogP contribution in [0.4, 0.5) is 0 Å². The quantitative estimate of drug-likeness (QED) is 0.501. The number of aromatic hydroxyl groups is 2. The normalized spacial score (nSPS) is 10.8. The molecule has 0 fully saturated rings. The first kappa shape index (κ1) is 16.0. The van der Waals surface area contributed by atoms with Crippen LogP contribution in [0, 0.1) is 0 Å². The van der Waals surface area contributed by atoms with Gasteiger partial charge in [-0.05, 0) is 54.1 Å². The number of benzene rings is 3. The number of H-pyrrole nitrogens is 1. The van der Waals surface area contributed by atoms with Gasteiger partial charge in [0.2, 0.25) is 0 Å². The zero-order chi connectivity index (χ0) is 17.9. The summed E-state index contributed by atoms with van der Waals surface area (Å²) in [6, 6.07) is 24.4. The first-order chi connectivity index (χ1) is 12.7. The van der Waals surface area contributed by atoms with Gasteiger partial charge < -0.3 is 10.2 Å². The van der Waals surface area contributed by atoms with Crippen molar-refractivity contribution in [3.63, 3.8) is 0 Å². The number of nitrogens with one attached hydrogen (secondary N) is 1. The molecule has 0 amide bonds. The summed E-state index contributed by atoms with van der Waals surface area (Å²) in [5.41, 5.74) is 5.96. The minimum Gasteiger partial charge on any atom is -0.508 e. The van der Waals surface area contributed by atoms with Gasteiger partial charge in [0, 0.05) is 23.1 Å². The second kappa shape index (κ2) is 6.76. The average Bonchev–Trinajstić information content (AvgIpc) is 3.07. The Morgan fingerprint density at radius 1 is 0.692 bits per heavy atom. The van der Waals surface area contributed by atoms with Gasteiger partial charge in [0.25, 0.3) is 0 Å². The first-order valence-electron chi connectivity index (χ1n) is 8.40. The molecule has 3 aromatic carbocycles. The summed E-state index contributed by atoms with van der Waals surface area (Å²) in [5.74, 6) is 0.462. The molecule has 0 saturated carbocycles. The van der Waals surface area contributed by atoms with E-state index in [1.165, 1.54) is 5.56 Å². The van der Waals surface area contributed by atoms with Crippen molar-refractivity contribution in [3.8, 4) is 34.0 Å². The van der Waals surface area contributed by atoms with Crippen LogP contribution in [0.5, 0.6) is 11.5 Å². The third-order valence-electron chi connectivity index (χ3n) is 4.39. The highest BCUT2D eigenvalue weighted by Crippen LogP contribution is 2.33. The predicted octanol–water partition coefficient (Wildman–Crippen LogP) is 4.75. The minimum absolute atomic E-state index is 0.229. The smallest absolute Gasteiger partial charge is 0.115 e. The molecule has 0 spiro atoms. The third kappa shape index (κ3) is 3.17. The number of hydrogen-bond acceptors (Lipinski definition) is 3. The lowest BCUT2D eigenvalue weighted by Gasteiger charge is -2.08. The van der Waals surface area contributed by atoms with Crippen LogP contribution in [0.15, 0.2) is 78.9 Å². The van der Waals surface area contributed by atoms with Gasteiger partial charge in [0.15, 0.2) is 0 Å². The van der Waals surface area contributed by atoms with Crippen molar-refractivity contribution in [2.75, 3.05) is 0 Å². The Morgan fingerprint density at radius 2 is 1.27 bits per heavy atom. The van der Waals surface area contributed by atoms with E-state index in [9.17, 15) is 10.2 Å². The Bertz CT molecular complexity index is 941. The van der Waals surface area contributed by atoms with E-state index in [2.05, 4.69) is 22.3 Å². The standard InChI is InChI=1S/C22H18N2O2/c25-18-10-6-16(7-11-18)21-20(14-15-4-2-1-3-5-15)22(24-23-21)17-8-12-19(26)13-9-17/h1-13,25-26H,14H2,(H,23,24). The lowest BCUT2D eigenvalue weighted by atomic mass is 9.96. The van der Waals surface area contributed by atoms with Crippen molar-refractivity contribution in [2.24, 2.45) is 0 Å². The molecule has 0 aliphatic carbocycles. The maximum Gasteiger partial charge on any atom is 0.115 e. The van der Waals surface area contributed by atoms with E-state index in [-0.39, 0.29) is 11.5 Å². The predicted molar refractivity (Wildman–Crippen MR) is 102 cm³/mol. The largest absolute Gasteiger partial charge is 0.508 e. The molecule has 4 aromatic rings. The van der Waals surface area contributed by atoms with Crippen LogP contribution in [0.1, 0.15) is 11.1 Å². The molecular weight excluding hydrogens is 324 g/mol. The Labute approximate surface area is 151 Å². The molecule has 128 valence electrons. The molecule has 3 N–H and O–H groups in total. The number of nitrogens with zero attached hydrogens (tertiary/aromatic N) is 1. The van der Waals surface area contributed by atoms with Crippen LogP contribution in [-0.4, -0.2) is 20.4 Å². The number of rotatable bonds is 4. The summed E-state index contributed by atoms with van der Waals surface area (Å²) in [6.45, 7) is 0. The summed E-state index contributed by atoms with van der Waals surface area (Å²) in [4.78, 5) is 0. The zero-order valence-electron chi connectivity index (χ0n) is 14.1. The fraction of sp³-hybridized carbons (Fsp3) is 0.0455. The Balaban J connectivity index is 1.83. The molecule has 1 aromatic heterocycles. The van der Waals surface area contributed by atoms with Crippen molar-refractivity contribution in [2.45, 2.75) is 6.42 Å². The van der Waals surface area contributed by atoms with E-state index in [0.29, 0.717) is 0 Å². The third-order valence-corrected chi connectivity index (χ3v) is 4.39. The van der Waals surface area contributed by atoms with Crippen molar-refractivity contribution in [3.05, 3.63) is 90.0 Å². The SMILES string of the molecule is Oc1ccc(-c2n[nH]c(-c3ccc(O)cc3)c2Cc2ccccc2)cc1. The molecule has 0 atom stereocenters. The summed E-state index contributed by atoms with van der Waals surface area (Å²) in [5, 5.41) is 26.8. The van der Waals surface area contributed by atoms with Crippen LogP contribution in [0.25, 0.3) is 22.5 Å². The fourth-order valence-electron chi connectivity index (χ4n) is 3.06. The van der Waals surface area contributed by atoms with Gasteiger partial charge in [-0.15, -0.1) is 0 Å². The second-order valence-electron chi connectivity index (χ2n) is 6.18. The Hall–Kier alpha value is -3.53. The molecule has 4 heteroatoms. The first-order valence-corrected chi connectivity index (χ1v) is 8.40. The summed E-state index contributed by atoms with van der Waals surface area (Å²) >= 11 is 0. The van der Waals surface area contributed by atoms with Crippen LogP contribution in [0.2, 0.25) is 0 Å². The second-order valence-corrected chi connectivity index (χ2v) is 6.18. The lowest BCUT2D eigenvalue weighted by molar-refractivity contribution is 0.475. The van der Waals surface area contributed by atoms with Crippen molar-refractivity contribution in [1.82, 2.24) is 10.2 Å². The monoisotopic (exact) mass is 342 g/mol. The average molecular weight is 342 g/mol. The molecule has 0 radical (unpaired) electrons. The number of hydrogen-bond donors (Lipinski definition) is 3. The summed E-state index contributed by atoms with van der Waals surface area (Å²) < 4.78 is 0. The van der Waals surface area contributed by atoms with Gasteiger partial charge in [-0.25, -0.2) is 0 Å². The zero-order valence-corrected chi connectivity index (χ0v) is 14.1. The highest BCUT2D eigenvalue weighted by Gasteiger charge is 2.17. The van der Waals surface area contributed by atoms with Crippen molar-refractivity contribution >= 4 is 0 Å². The molecule has 1 heterocycles. The van der Waals surface area contributed by atoms with Crippen LogP contribution in [-0.2, 0) is 6.42 Å². The molecule has 4 nitrogen and oxygen atoms in total. The molecule has 4 rings (SSSR count). The van der Waals surface area contributed by atoms with Crippen molar-refractivity contribution < 1.29 is 10.2 Å². The highest BCUT2D eigenvalue weighted by atomic mass is 16.3. The van der Waals surface area contributed by atoms with Crippen molar-refractivity contribution in [1.29, 1.82) is 0 Å². The summed E-state index contributed by atoms with van der Waals surface area (Å²) in [7, 11) is 0. The van der Waals surface area contributed by atoms with E-state index in [0.717, 1.165) is 34.5 Å². The summed E-state index contributed by atoms with van der Waals surface area (Å²) in [6.07, 6.45) is 0.726. The maximum absolute atomic E-state index is 9.57. The number of phenols is 2. The Morgan fingerprint density at radius 3 is 1.88 bits per heavy atom. The molecule has 0 unspecified atom stereocenters. The molecule has 26 heavy (non-hydrogen) atoms. The fourth-order valence-corrected chi connectivity index (χ4v) is 3.06. The van der Waals surface area contributed by atoms with Gasteiger partial charge in [0.1, 0.15) is 11.5 Å². The van der Waals surface area contributed by atoms with E-state index >= 15 is 0 Å². The van der Waals surface area contributed by atoms with E-state index in [1.807, 2.05) is 42.5 Å². The van der Waals surface area contributed by atoms with Gasteiger partial charge in [-0.1, -0.05) is 30.3 Å². The number of phenolic OH excluding ortho intramolecular Hbond substituents is 2. The van der Waals surface area contributed by atoms with E-state index < -0.39 is 0 Å². The minimum atomic E-state index is 0.229. The van der Waals surface area contributed by atoms with Gasteiger partial charge in [-0.3, -0.25) is 5.10 Å². The van der Waals surface area contributed by atoms with Gasteiger partial charge >= 0.3 is 0 Å². The topological polar surface area (TPSA) is 69.1 Å². The molecular formula is C22H18N2O2. The highest BCUT2D eigenvalue weighted by molar-refractivity contribution is 5.75. The molecule has 0 bridgehead atoms. The van der Waals surface area contributed by atoms with E-state index in [4.69, 9.17) is 0 Å². The molecule has 0 aliphatic heterocycles. The number of aromatic amines is 1. The van der Waals surface area contributed by atoms with Gasteiger partial charge in [0.05, 0.1) is 11.4 Å². The van der Waals surface area contributed by atoms with E-state index in [1.54, 1.807) is 24.3 Å². The molecule has 0 saturated heterocycles. The van der Waals surface area contributed by atoms with Crippen LogP contribution >= 0.6 is 0 Å². The van der Waals surface area contributed by atoms with Gasteiger partial charge in [-0.2, -0.15) is 5.10 Å². The van der Waals surface area contributed by atoms with Crippen LogP contribution in [0.3, 0.4) is 0 Å².